The molecule has 1 heterocycles. The Morgan fingerprint density at radius 3 is 2.32 bits per heavy atom. The number of hydrogen-bond acceptors (Lipinski definition) is 2. The van der Waals surface area contributed by atoms with Crippen LogP contribution in [0.2, 0.25) is 10.0 Å². The van der Waals surface area contributed by atoms with Crippen molar-refractivity contribution in [1.29, 1.82) is 0 Å². The van der Waals surface area contributed by atoms with Crippen LogP contribution in [0.3, 0.4) is 0 Å². The first-order chi connectivity index (χ1) is 14.5. The molecule has 162 valence electrons. The van der Waals surface area contributed by atoms with Crippen LogP contribution in [0.25, 0.3) is 0 Å². The van der Waals surface area contributed by atoms with Gasteiger partial charge in [-0.2, -0.15) is 23.3 Å². The number of anilines is 2. The van der Waals surface area contributed by atoms with E-state index < -0.39 is 23.6 Å². The van der Waals surface area contributed by atoms with Crippen LogP contribution in [-0.2, 0) is 6.18 Å². The van der Waals surface area contributed by atoms with Crippen LogP contribution < -0.4 is 10.6 Å². The van der Waals surface area contributed by atoms with Crippen LogP contribution in [0.4, 0.5) is 29.1 Å². The summed E-state index contributed by atoms with van der Waals surface area (Å²) in [5.41, 5.74) is -1.11. The summed E-state index contributed by atoms with van der Waals surface area (Å²) in [5.74, 6) is -1.86. The second kappa shape index (κ2) is 8.94. The monoisotopic (exact) mass is 473 g/mol. The average molecular weight is 474 g/mol. The Balaban J connectivity index is 1.96. The summed E-state index contributed by atoms with van der Waals surface area (Å²) in [7, 11) is 0. The molecule has 0 radical (unpaired) electrons. The number of carbonyl (C=O) groups is 1. The maximum atomic E-state index is 13.7. The number of benzene rings is 2. The second-order valence-electron chi connectivity index (χ2n) is 6.25. The van der Waals surface area contributed by atoms with Gasteiger partial charge in [-0.05, 0) is 49.4 Å². The zero-order valence-electron chi connectivity index (χ0n) is 15.6. The number of alkyl halides is 3. The fourth-order valence-corrected chi connectivity index (χ4v) is 2.87. The zero-order chi connectivity index (χ0) is 22.8. The number of hydrogen-bond donors (Lipinski definition) is 3. The molecule has 0 atom stereocenters. The van der Waals surface area contributed by atoms with Gasteiger partial charge in [-0.15, -0.1) is 0 Å². The van der Waals surface area contributed by atoms with E-state index in [4.69, 9.17) is 23.2 Å². The van der Waals surface area contributed by atoms with E-state index in [-0.39, 0.29) is 33.6 Å². The number of aliphatic imine (C=N–C) groups is 1. The van der Waals surface area contributed by atoms with Gasteiger partial charge in [0.1, 0.15) is 11.6 Å². The third kappa shape index (κ3) is 5.74. The molecule has 1 aromatic heterocycles. The lowest BCUT2D eigenvalue weighted by Gasteiger charge is -2.12. The highest BCUT2D eigenvalue weighted by Gasteiger charge is 2.36. The first-order valence-electron chi connectivity index (χ1n) is 8.54. The molecule has 0 aliphatic heterocycles. The number of nitrogens with zero attached hydrogens (tertiary/aromatic N) is 2. The van der Waals surface area contributed by atoms with Crippen molar-refractivity contribution in [2.24, 2.45) is 4.99 Å². The van der Waals surface area contributed by atoms with Crippen LogP contribution in [0.1, 0.15) is 21.6 Å². The lowest BCUT2D eigenvalue weighted by atomic mass is 10.2. The molecule has 0 aliphatic rings. The highest BCUT2D eigenvalue weighted by atomic mass is 35.5. The third-order valence-electron chi connectivity index (χ3n) is 3.95. The maximum Gasteiger partial charge on any atom is 0.435 e. The minimum absolute atomic E-state index is 0.0583. The molecule has 0 aliphatic carbocycles. The summed E-state index contributed by atoms with van der Waals surface area (Å²) in [6.07, 6.45) is -4.68. The highest BCUT2D eigenvalue weighted by Crippen LogP contribution is 2.32. The fourth-order valence-electron chi connectivity index (χ4n) is 2.52. The van der Waals surface area contributed by atoms with Gasteiger partial charge in [0.05, 0.1) is 0 Å². The predicted octanol–water partition coefficient (Wildman–Crippen LogP) is 5.90. The number of carbonyl (C=O) groups excluding carboxylic acids is 1. The molecule has 3 aromatic rings. The van der Waals surface area contributed by atoms with Crippen molar-refractivity contribution in [3.63, 3.8) is 0 Å². The number of rotatable bonds is 3. The number of aromatic nitrogens is 2. The van der Waals surface area contributed by atoms with Crippen molar-refractivity contribution < 1.29 is 22.4 Å². The molecule has 12 heteroatoms. The Bertz CT molecular complexity index is 1120. The smallest absolute Gasteiger partial charge is 0.325 e. The van der Waals surface area contributed by atoms with E-state index in [0.717, 1.165) is 12.1 Å². The summed E-state index contributed by atoms with van der Waals surface area (Å²) in [6.45, 7) is 1.19. The van der Waals surface area contributed by atoms with Crippen molar-refractivity contribution in [3.8, 4) is 0 Å². The SMILES string of the molecule is Cc1c(C(F)(F)F)n[nH]c1N/C(=N\C(=O)c1ccc(Cl)cc1)Nc1cc(F)cc(Cl)c1. The van der Waals surface area contributed by atoms with E-state index in [1.807, 2.05) is 0 Å². The van der Waals surface area contributed by atoms with Gasteiger partial charge in [-0.1, -0.05) is 23.2 Å². The molecule has 0 bridgehead atoms. The quantitative estimate of drug-likeness (QED) is 0.251. The highest BCUT2D eigenvalue weighted by molar-refractivity contribution is 6.31. The Hall–Kier alpha value is -3.11. The molecule has 3 N–H and O–H groups in total. The van der Waals surface area contributed by atoms with Crippen LogP contribution in [0, 0.1) is 12.7 Å². The van der Waals surface area contributed by atoms with E-state index >= 15 is 0 Å². The van der Waals surface area contributed by atoms with Crippen molar-refractivity contribution in [1.82, 2.24) is 10.2 Å². The largest absolute Gasteiger partial charge is 0.435 e. The maximum absolute atomic E-state index is 13.7. The molecule has 0 saturated carbocycles. The Kier molecular flexibility index (Phi) is 6.51. The van der Waals surface area contributed by atoms with Gasteiger partial charge in [-0.25, -0.2) is 4.39 Å². The first-order valence-corrected chi connectivity index (χ1v) is 9.29. The predicted molar refractivity (Wildman–Crippen MR) is 110 cm³/mol. The van der Waals surface area contributed by atoms with Gasteiger partial charge in [0.2, 0.25) is 5.96 Å². The van der Waals surface area contributed by atoms with Crippen molar-refractivity contribution in [2.75, 3.05) is 10.6 Å². The number of halogens is 6. The number of H-pyrrole nitrogens is 1. The van der Waals surface area contributed by atoms with Crippen molar-refractivity contribution in [3.05, 3.63) is 75.1 Å². The second-order valence-corrected chi connectivity index (χ2v) is 7.12. The molecule has 3 rings (SSSR count). The first kappa shape index (κ1) is 22.6. The van der Waals surface area contributed by atoms with E-state index in [9.17, 15) is 22.4 Å². The summed E-state index contributed by atoms with van der Waals surface area (Å²) in [4.78, 5) is 16.4. The normalized spacial score (nSPS) is 12.0. The van der Waals surface area contributed by atoms with E-state index in [0.29, 0.717) is 5.02 Å². The molecular weight excluding hydrogens is 461 g/mol. The van der Waals surface area contributed by atoms with Gasteiger partial charge in [0, 0.05) is 26.9 Å². The lowest BCUT2D eigenvalue weighted by Crippen LogP contribution is -2.24. The number of nitrogens with one attached hydrogen (secondary N) is 3. The van der Waals surface area contributed by atoms with E-state index in [2.05, 4.69) is 25.8 Å². The molecule has 0 unspecified atom stereocenters. The van der Waals surface area contributed by atoms with Gasteiger partial charge in [0.25, 0.3) is 5.91 Å². The Labute approximate surface area is 183 Å². The summed E-state index contributed by atoms with van der Waals surface area (Å²) in [5, 5.41) is 11.1. The topological polar surface area (TPSA) is 82.2 Å². The summed E-state index contributed by atoms with van der Waals surface area (Å²) < 4.78 is 52.7. The lowest BCUT2D eigenvalue weighted by molar-refractivity contribution is -0.141. The number of guanidine groups is 1. The minimum atomic E-state index is -4.68. The summed E-state index contributed by atoms with van der Waals surface area (Å²) in [6, 6.07) is 9.27. The molecule has 31 heavy (non-hydrogen) atoms. The van der Waals surface area contributed by atoms with Crippen molar-refractivity contribution >= 4 is 46.6 Å². The average Bonchev–Trinajstić information content (AvgIpc) is 3.02. The zero-order valence-corrected chi connectivity index (χ0v) is 17.1. The summed E-state index contributed by atoms with van der Waals surface area (Å²) >= 11 is 11.6. The molecule has 1 amide bonds. The molecule has 6 nitrogen and oxygen atoms in total. The molecule has 2 aromatic carbocycles. The number of aromatic amines is 1. The van der Waals surface area contributed by atoms with E-state index in [1.54, 1.807) is 0 Å². The van der Waals surface area contributed by atoms with Gasteiger partial charge in [0.15, 0.2) is 5.69 Å². The Morgan fingerprint density at radius 1 is 1.06 bits per heavy atom. The fraction of sp³-hybridized carbons (Fsp3) is 0.105. The van der Waals surface area contributed by atoms with Crippen LogP contribution in [0.15, 0.2) is 47.5 Å². The molecular formula is C19H13Cl2F4N5O. The minimum Gasteiger partial charge on any atom is -0.325 e. The Morgan fingerprint density at radius 2 is 1.74 bits per heavy atom. The van der Waals surface area contributed by atoms with E-state index in [1.165, 1.54) is 37.3 Å². The van der Waals surface area contributed by atoms with Crippen LogP contribution in [0.5, 0.6) is 0 Å². The number of amides is 1. The third-order valence-corrected chi connectivity index (χ3v) is 4.42. The molecule has 0 saturated heterocycles. The molecule has 0 fully saturated rings. The standard InChI is InChI=1S/C19H13Cl2F4N5O/c1-9-15(19(23,24)25)29-30-16(9)27-18(26-14-7-12(21)6-13(22)8-14)28-17(31)10-2-4-11(20)5-3-10/h2-8H,1H3,(H3,26,27,28,29,30,31). The van der Waals surface area contributed by atoms with Gasteiger partial charge in [-0.3, -0.25) is 9.89 Å². The molecule has 0 spiro atoms. The van der Waals surface area contributed by atoms with Crippen LogP contribution >= 0.6 is 23.2 Å². The van der Waals surface area contributed by atoms with Crippen LogP contribution in [-0.4, -0.2) is 22.1 Å². The van der Waals surface area contributed by atoms with Crippen molar-refractivity contribution in [2.45, 2.75) is 13.1 Å². The van der Waals surface area contributed by atoms with Gasteiger partial charge >= 0.3 is 6.18 Å². The van der Waals surface area contributed by atoms with Gasteiger partial charge < -0.3 is 10.6 Å².